The normalized spacial score (nSPS) is 17.8. The van der Waals surface area contributed by atoms with Gasteiger partial charge in [0.25, 0.3) is 0 Å². The summed E-state index contributed by atoms with van der Waals surface area (Å²) in [5, 5.41) is 5.23. The summed E-state index contributed by atoms with van der Waals surface area (Å²) >= 11 is 0. The summed E-state index contributed by atoms with van der Waals surface area (Å²) in [6, 6.07) is 60.7. The Morgan fingerprint density at radius 2 is 1.10 bits per heavy atom. The largest absolute Gasteiger partial charge is 0.347 e. The van der Waals surface area contributed by atoms with Gasteiger partial charge in [-0.1, -0.05) is 172 Å². The summed E-state index contributed by atoms with van der Waals surface area (Å²) < 4.78 is 2.68. The average molecular weight is 768 g/mol. The SMILES string of the molecule is C=CCC1(Cc2ccccc2)/C(=C\C=C\C2=[N+](CCC(C)C)c3ccc4ccccc4c3C2(Cc2ccccc2)Cc2ccccc2)N(C)c2ccc3ccccc3c21. The first-order valence-electron chi connectivity index (χ1n) is 21.5. The molecule has 7 aromatic carbocycles. The number of allylic oxidation sites excluding steroid dienone is 5. The van der Waals surface area contributed by atoms with Crippen LogP contribution >= 0.6 is 0 Å². The van der Waals surface area contributed by atoms with Gasteiger partial charge in [-0.25, -0.2) is 0 Å². The summed E-state index contributed by atoms with van der Waals surface area (Å²) in [5.74, 6) is 0.572. The van der Waals surface area contributed by atoms with E-state index in [1.165, 1.54) is 72.1 Å². The Morgan fingerprint density at radius 1 is 0.593 bits per heavy atom. The lowest BCUT2D eigenvalue weighted by Crippen LogP contribution is -2.39. The molecule has 1 atom stereocenters. The number of nitrogens with zero attached hydrogens (tertiary/aromatic N) is 2. The van der Waals surface area contributed by atoms with Crippen LogP contribution in [-0.2, 0) is 30.1 Å². The zero-order valence-corrected chi connectivity index (χ0v) is 34.8. The number of rotatable bonds is 13. The molecule has 0 saturated heterocycles. The molecule has 0 spiro atoms. The van der Waals surface area contributed by atoms with Gasteiger partial charge in [0.15, 0.2) is 5.71 Å². The minimum atomic E-state index is -0.326. The van der Waals surface area contributed by atoms with Crippen molar-refractivity contribution in [1.29, 1.82) is 0 Å². The molecule has 2 aliphatic heterocycles. The second kappa shape index (κ2) is 16.2. The van der Waals surface area contributed by atoms with Crippen LogP contribution in [0.5, 0.6) is 0 Å². The van der Waals surface area contributed by atoms with Crippen molar-refractivity contribution in [3.8, 4) is 0 Å². The monoisotopic (exact) mass is 767 g/mol. The molecule has 0 bridgehead atoms. The third kappa shape index (κ3) is 6.95. The molecule has 1 unspecified atom stereocenters. The van der Waals surface area contributed by atoms with E-state index in [1.807, 2.05) is 0 Å². The Balaban J connectivity index is 1.29. The molecule has 0 aliphatic carbocycles. The van der Waals surface area contributed by atoms with Crippen LogP contribution in [0, 0.1) is 5.92 Å². The standard InChI is InChI=1S/C57H55N2/c1-5-37-56(39-43-20-9-6-10-21-43)52(58(4)50-34-32-46-26-15-17-28-48(46)54(50)56)30-19-31-53-57(40-44-22-11-7-12-23-44,41-45-24-13-8-14-25-45)55-49-29-18-16-27-47(49)33-35-51(55)59(53)38-36-42(2)3/h5-35,42H,1,36-41H2,2-4H3/q+1. The minimum Gasteiger partial charge on any atom is -0.347 e. The van der Waals surface area contributed by atoms with E-state index in [0.717, 1.165) is 38.6 Å². The number of likely N-dealkylation sites (N-methyl/N-ethyl adjacent to an activating group) is 1. The van der Waals surface area contributed by atoms with Gasteiger partial charge in [0, 0.05) is 48.0 Å². The van der Waals surface area contributed by atoms with E-state index in [9.17, 15) is 0 Å². The molecule has 292 valence electrons. The van der Waals surface area contributed by atoms with Crippen molar-refractivity contribution in [2.75, 3.05) is 18.5 Å². The maximum Gasteiger partial charge on any atom is 0.210 e. The molecule has 2 heterocycles. The van der Waals surface area contributed by atoms with E-state index in [4.69, 9.17) is 0 Å². The lowest BCUT2D eigenvalue weighted by Gasteiger charge is -2.33. The fraction of sp³-hybridized carbons (Fsp3) is 0.211. The third-order valence-electron chi connectivity index (χ3n) is 13.0. The molecule has 0 radical (unpaired) electrons. The molecule has 2 aliphatic rings. The first-order valence-corrected chi connectivity index (χ1v) is 21.5. The van der Waals surface area contributed by atoms with Crippen LogP contribution in [0.25, 0.3) is 21.5 Å². The number of benzene rings is 7. The van der Waals surface area contributed by atoms with Crippen LogP contribution in [0.1, 0.15) is 54.5 Å². The van der Waals surface area contributed by atoms with E-state index in [-0.39, 0.29) is 10.8 Å². The Morgan fingerprint density at radius 3 is 1.66 bits per heavy atom. The highest BCUT2D eigenvalue weighted by atomic mass is 15.2. The van der Waals surface area contributed by atoms with Gasteiger partial charge in [-0.2, -0.15) is 4.58 Å². The molecule has 59 heavy (non-hydrogen) atoms. The van der Waals surface area contributed by atoms with E-state index in [2.05, 4.69) is 225 Å². The van der Waals surface area contributed by atoms with Gasteiger partial charge >= 0.3 is 0 Å². The number of anilines is 1. The lowest BCUT2D eigenvalue weighted by atomic mass is 9.67. The van der Waals surface area contributed by atoms with Crippen LogP contribution in [0.15, 0.2) is 200 Å². The van der Waals surface area contributed by atoms with Crippen LogP contribution in [0.4, 0.5) is 11.4 Å². The smallest absolute Gasteiger partial charge is 0.210 e. The maximum atomic E-state index is 4.38. The Bertz CT molecular complexity index is 2680. The predicted molar refractivity (Wildman–Crippen MR) is 251 cm³/mol. The van der Waals surface area contributed by atoms with E-state index >= 15 is 0 Å². The summed E-state index contributed by atoms with van der Waals surface area (Å²) in [7, 11) is 2.26. The van der Waals surface area contributed by atoms with Crippen LogP contribution < -0.4 is 4.90 Å². The van der Waals surface area contributed by atoms with Crippen LogP contribution in [0.2, 0.25) is 0 Å². The second-order valence-corrected chi connectivity index (χ2v) is 17.2. The van der Waals surface area contributed by atoms with Crippen molar-refractivity contribution in [3.63, 3.8) is 0 Å². The maximum absolute atomic E-state index is 4.38. The van der Waals surface area contributed by atoms with E-state index < -0.39 is 0 Å². The molecule has 0 amide bonds. The lowest BCUT2D eigenvalue weighted by molar-refractivity contribution is -0.439. The van der Waals surface area contributed by atoms with Crippen molar-refractivity contribution < 1.29 is 4.58 Å². The highest BCUT2D eigenvalue weighted by Crippen LogP contribution is 2.54. The van der Waals surface area contributed by atoms with Gasteiger partial charge in [-0.15, -0.1) is 6.58 Å². The topological polar surface area (TPSA) is 6.25 Å². The highest BCUT2D eigenvalue weighted by molar-refractivity contribution is 6.09. The zero-order chi connectivity index (χ0) is 40.4. The molecule has 0 fully saturated rings. The van der Waals surface area contributed by atoms with Gasteiger partial charge in [-0.05, 0) is 93.6 Å². The van der Waals surface area contributed by atoms with Gasteiger partial charge < -0.3 is 4.90 Å². The van der Waals surface area contributed by atoms with Gasteiger partial charge in [0.05, 0.1) is 5.41 Å². The second-order valence-electron chi connectivity index (χ2n) is 17.2. The van der Waals surface area contributed by atoms with Gasteiger partial charge in [-0.3, -0.25) is 0 Å². The molecule has 9 rings (SSSR count). The Labute approximate surface area is 351 Å². The summed E-state index contributed by atoms with van der Waals surface area (Å²) in [5.41, 5.74) is 11.5. The van der Waals surface area contributed by atoms with Crippen LogP contribution in [0.3, 0.4) is 0 Å². The quantitative estimate of drug-likeness (QED) is 0.0837. The first-order chi connectivity index (χ1) is 28.9. The fourth-order valence-corrected chi connectivity index (χ4v) is 10.5. The Hall–Kier alpha value is -6.25. The van der Waals surface area contributed by atoms with Gasteiger partial charge in [0.2, 0.25) is 5.69 Å². The summed E-state index contributed by atoms with van der Waals surface area (Å²) in [4.78, 5) is 2.46. The number of hydrogen-bond donors (Lipinski definition) is 0. The van der Waals surface area contributed by atoms with Crippen molar-refractivity contribution in [1.82, 2.24) is 0 Å². The highest BCUT2D eigenvalue weighted by Gasteiger charge is 2.52. The van der Waals surface area contributed by atoms with Crippen LogP contribution in [-0.4, -0.2) is 23.9 Å². The molecule has 0 N–H and O–H groups in total. The molecule has 0 saturated carbocycles. The summed E-state index contributed by atoms with van der Waals surface area (Å²) in [6.45, 7) is 10.0. The number of fused-ring (bicyclic) bond motifs is 6. The zero-order valence-electron chi connectivity index (χ0n) is 34.8. The average Bonchev–Trinajstić information content (AvgIpc) is 3.65. The summed E-state index contributed by atoms with van der Waals surface area (Å²) in [6.07, 6.45) is 14.0. The van der Waals surface area contributed by atoms with Crippen molar-refractivity contribution in [2.45, 2.75) is 56.8 Å². The molecule has 2 heteroatoms. The Kier molecular flexibility index (Phi) is 10.5. The van der Waals surface area contributed by atoms with E-state index in [0.29, 0.717) is 5.92 Å². The molecular formula is C57H55N2+. The van der Waals surface area contributed by atoms with Gasteiger partial charge in [0.1, 0.15) is 6.54 Å². The third-order valence-corrected chi connectivity index (χ3v) is 13.0. The first kappa shape index (κ1) is 38.3. The molecule has 2 nitrogen and oxygen atoms in total. The predicted octanol–water partition coefficient (Wildman–Crippen LogP) is 13.5. The van der Waals surface area contributed by atoms with E-state index in [1.54, 1.807) is 0 Å². The van der Waals surface area contributed by atoms with Crippen molar-refractivity contribution >= 4 is 38.6 Å². The van der Waals surface area contributed by atoms with Crippen molar-refractivity contribution in [2.24, 2.45) is 5.92 Å². The molecule has 7 aromatic rings. The fourth-order valence-electron chi connectivity index (χ4n) is 10.5. The number of hydrogen-bond acceptors (Lipinski definition) is 1. The van der Waals surface area contributed by atoms with Crippen molar-refractivity contribution in [3.05, 3.63) is 228 Å². The molecular weight excluding hydrogens is 713 g/mol. The minimum absolute atomic E-state index is 0.305. The molecule has 0 aromatic heterocycles.